The Kier molecular flexibility index (Phi) is 4.69. The monoisotopic (exact) mass is 308 g/mol. The highest BCUT2D eigenvalue weighted by Gasteiger charge is 2.14. The molecule has 0 atom stereocenters. The van der Waals surface area contributed by atoms with Gasteiger partial charge in [-0.25, -0.2) is 14.7 Å². The summed E-state index contributed by atoms with van der Waals surface area (Å²) in [7, 11) is 1.30. The Hall–Kier alpha value is -2.22. The van der Waals surface area contributed by atoms with Crippen LogP contribution in [0.25, 0.3) is 0 Å². The number of nitrogens with zero attached hydrogens (tertiary/aromatic N) is 2. The summed E-state index contributed by atoms with van der Waals surface area (Å²) in [5.74, 6) is -0.497. The van der Waals surface area contributed by atoms with E-state index in [1.165, 1.54) is 18.9 Å². The molecule has 21 heavy (non-hydrogen) atoms. The number of carbonyl (C=O) groups excluding carboxylic acids is 1. The van der Waals surface area contributed by atoms with E-state index in [0.717, 1.165) is 11.3 Å². The van der Waals surface area contributed by atoms with Crippen molar-refractivity contribution in [3.8, 4) is 0 Å². The second-order valence-corrected chi connectivity index (χ2v) is 5.35. The smallest absolute Gasteiger partial charge is 0.343 e. The van der Waals surface area contributed by atoms with Crippen LogP contribution in [0.5, 0.6) is 0 Å². The van der Waals surface area contributed by atoms with E-state index in [1.54, 1.807) is 22.8 Å². The summed E-state index contributed by atoms with van der Waals surface area (Å²) >= 11 is 1.28. The number of ether oxygens (including phenoxy) is 1. The molecule has 0 radical (unpaired) electrons. The van der Waals surface area contributed by atoms with Gasteiger partial charge in [0, 0.05) is 17.1 Å². The predicted molar refractivity (Wildman–Crippen MR) is 79.5 cm³/mol. The minimum absolute atomic E-state index is 0.247. The van der Waals surface area contributed by atoms with Gasteiger partial charge in [-0.1, -0.05) is 6.92 Å². The number of methoxy groups -OCH3 is 1. The third kappa shape index (κ3) is 3.27. The van der Waals surface area contributed by atoms with Gasteiger partial charge in [0.2, 0.25) is 0 Å². The van der Waals surface area contributed by atoms with Crippen LogP contribution in [-0.4, -0.2) is 27.8 Å². The predicted octanol–water partition coefficient (Wildman–Crippen LogP) is 1.50. The van der Waals surface area contributed by atoms with Crippen LogP contribution in [0.4, 0.5) is 5.69 Å². The Morgan fingerprint density at radius 1 is 1.52 bits per heavy atom. The molecule has 0 amide bonds. The van der Waals surface area contributed by atoms with E-state index < -0.39 is 5.97 Å². The van der Waals surface area contributed by atoms with Crippen LogP contribution >= 0.6 is 11.8 Å². The van der Waals surface area contributed by atoms with E-state index in [4.69, 9.17) is 5.73 Å². The number of rotatable bonds is 5. The first-order valence-electron chi connectivity index (χ1n) is 6.37. The highest BCUT2D eigenvalue weighted by Crippen LogP contribution is 2.28. The van der Waals surface area contributed by atoms with E-state index in [9.17, 15) is 9.59 Å². The van der Waals surface area contributed by atoms with Crippen molar-refractivity contribution in [1.29, 1.82) is 0 Å². The number of esters is 1. The molecule has 0 saturated heterocycles. The second-order valence-electron chi connectivity index (χ2n) is 4.31. The zero-order chi connectivity index (χ0) is 15.4. The molecule has 2 aromatic rings. The first-order chi connectivity index (χ1) is 10.1. The number of nitrogen functional groups attached to an aromatic ring is 1. The van der Waals surface area contributed by atoms with Gasteiger partial charge in [0.25, 0.3) is 0 Å². The van der Waals surface area contributed by atoms with Crippen molar-refractivity contribution in [3.05, 3.63) is 34.2 Å². The summed E-state index contributed by atoms with van der Waals surface area (Å²) in [5.41, 5.74) is 6.15. The number of anilines is 1. The van der Waals surface area contributed by atoms with Crippen molar-refractivity contribution >= 4 is 23.4 Å². The standard InChI is InChI=1S/C13H16N4O3S/c1-3-6-17-12(19)15-16-13(17)21-8-4-5-10(14)9(7-8)11(18)20-2/h4-5,7H,3,6,14H2,1-2H3,(H,15,19). The quantitative estimate of drug-likeness (QED) is 0.641. The fraction of sp³-hybridized carbons (Fsp3) is 0.308. The minimum atomic E-state index is -0.497. The average Bonchev–Trinajstić information content (AvgIpc) is 2.82. The average molecular weight is 308 g/mol. The molecule has 1 aromatic carbocycles. The largest absolute Gasteiger partial charge is 0.465 e. The Morgan fingerprint density at radius 2 is 2.29 bits per heavy atom. The maximum atomic E-state index is 11.6. The molecule has 0 aliphatic rings. The summed E-state index contributed by atoms with van der Waals surface area (Å²) in [6, 6.07) is 5.02. The molecule has 1 aromatic heterocycles. The molecule has 0 bridgehead atoms. The molecular formula is C13H16N4O3S. The van der Waals surface area contributed by atoms with Crippen molar-refractivity contribution in [2.45, 2.75) is 29.9 Å². The Labute approximate surface area is 125 Å². The van der Waals surface area contributed by atoms with Crippen molar-refractivity contribution in [2.24, 2.45) is 0 Å². The number of hydrogen-bond acceptors (Lipinski definition) is 6. The van der Waals surface area contributed by atoms with Gasteiger partial charge >= 0.3 is 11.7 Å². The number of aromatic amines is 1. The lowest BCUT2D eigenvalue weighted by molar-refractivity contribution is 0.0601. The molecule has 8 heteroatoms. The summed E-state index contributed by atoms with van der Waals surface area (Å²) in [6.45, 7) is 2.56. The van der Waals surface area contributed by atoms with Gasteiger partial charge < -0.3 is 10.5 Å². The maximum absolute atomic E-state index is 11.6. The maximum Gasteiger partial charge on any atom is 0.343 e. The van der Waals surface area contributed by atoms with Crippen molar-refractivity contribution in [1.82, 2.24) is 14.8 Å². The summed E-state index contributed by atoms with van der Waals surface area (Å²) in [6.07, 6.45) is 0.822. The lowest BCUT2D eigenvalue weighted by Gasteiger charge is -2.07. The summed E-state index contributed by atoms with van der Waals surface area (Å²) in [4.78, 5) is 24.0. The van der Waals surface area contributed by atoms with Crippen LogP contribution in [0.1, 0.15) is 23.7 Å². The molecule has 0 unspecified atom stereocenters. The fourth-order valence-corrected chi connectivity index (χ4v) is 2.69. The number of nitrogens with two attached hydrogens (primary N) is 1. The number of aromatic nitrogens is 3. The van der Waals surface area contributed by atoms with Crippen LogP contribution in [0.15, 0.2) is 33.0 Å². The molecule has 7 nitrogen and oxygen atoms in total. The van der Waals surface area contributed by atoms with E-state index in [-0.39, 0.29) is 5.69 Å². The Balaban J connectivity index is 2.32. The molecule has 0 saturated carbocycles. The first kappa shape index (κ1) is 15.2. The van der Waals surface area contributed by atoms with Crippen LogP contribution in [-0.2, 0) is 11.3 Å². The van der Waals surface area contributed by atoms with Gasteiger partial charge in [-0.2, -0.15) is 0 Å². The van der Waals surface area contributed by atoms with E-state index in [0.29, 0.717) is 23.0 Å². The van der Waals surface area contributed by atoms with Gasteiger partial charge in [0.05, 0.1) is 12.7 Å². The number of benzene rings is 1. The molecule has 112 valence electrons. The van der Waals surface area contributed by atoms with E-state index >= 15 is 0 Å². The van der Waals surface area contributed by atoms with E-state index in [1.807, 2.05) is 6.92 Å². The van der Waals surface area contributed by atoms with Crippen molar-refractivity contribution in [2.75, 3.05) is 12.8 Å². The molecule has 1 heterocycles. The highest BCUT2D eigenvalue weighted by molar-refractivity contribution is 7.99. The SMILES string of the molecule is CCCn1c(Sc2ccc(N)c(C(=O)OC)c2)n[nH]c1=O. The Bertz CT molecular complexity index is 708. The van der Waals surface area contributed by atoms with Crippen LogP contribution < -0.4 is 11.4 Å². The van der Waals surface area contributed by atoms with Crippen molar-refractivity contribution < 1.29 is 9.53 Å². The van der Waals surface area contributed by atoms with Crippen LogP contribution in [0.2, 0.25) is 0 Å². The lowest BCUT2D eigenvalue weighted by Crippen LogP contribution is -2.17. The minimum Gasteiger partial charge on any atom is -0.465 e. The molecule has 3 N–H and O–H groups in total. The molecule has 2 rings (SSSR count). The molecule has 0 fully saturated rings. The van der Waals surface area contributed by atoms with Crippen LogP contribution in [0, 0.1) is 0 Å². The van der Waals surface area contributed by atoms with Crippen molar-refractivity contribution in [3.63, 3.8) is 0 Å². The lowest BCUT2D eigenvalue weighted by atomic mass is 10.2. The molecular weight excluding hydrogens is 292 g/mol. The number of hydrogen-bond donors (Lipinski definition) is 2. The zero-order valence-corrected chi connectivity index (χ0v) is 12.6. The van der Waals surface area contributed by atoms with Gasteiger partial charge in [0.1, 0.15) is 0 Å². The molecule has 0 spiro atoms. The molecule has 0 aliphatic heterocycles. The van der Waals surface area contributed by atoms with Gasteiger partial charge in [-0.15, -0.1) is 5.10 Å². The summed E-state index contributed by atoms with van der Waals surface area (Å²) < 4.78 is 6.24. The number of carbonyl (C=O) groups is 1. The van der Waals surface area contributed by atoms with Gasteiger partial charge in [-0.3, -0.25) is 4.57 Å². The Morgan fingerprint density at radius 3 is 2.95 bits per heavy atom. The van der Waals surface area contributed by atoms with Crippen LogP contribution in [0.3, 0.4) is 0 Å². The zero-order valence-electron chi connectivity index (χ0n) is 11.8. The fourth-order valence-electron chi connectivity index (χ4n) is 1.79. The first-order valence-corrected chi connectivity index (χ1v) is 7.19. The number of nitrogens with one attached hydrogen (secondary N) is 1. The highest BCUT2D eigenvalue weighted by atomic mass is 32.2. The summed E-state index contributed by atoms with van der Waals surface area (Å²) in [5, 5.41) is 6.95. The van der Waals surface area contributed by atoms with Gasteiger partial charge in [-0.05, 0) is 36.4 Å². The molecule has 0 aliphatic carbocycles. The van der Waals surface area contributed by atoms with Gasteiger partial charge in [0.15, 0.2) is 5.16 Å². The topological polar surface area (TPSA) is 103 Å². The third-order valence-corrected chi connectivity index (χ3v) is 3.79. The normalized spacial score (nSPS) is 10.6. The second kappa shape index (κ2) is 6.49. The third-order valence-electron chi connectivity index (χ3n) is 2.81. The van der Waals surface area contributed by atoms with E-state index in [2.05, 4.69) is 14.9 Å². The number of H-pyrrole nitrogens is 1.